The fourth-order valence-electron chi connectivity index (χ4n) is 2.75. The van der Waals surface area contributed by atoms with Crippen molar-refractivity contribution < 1.29 is 8.78 Å². The Bertz CT molecular complexity index is 409. The molecule has 2 atom stereocenters. The maximum Gasteiger partial charge on any atom is 0.128 e. The molecule has 2 rings (SSSR count). The molecule has 1 fully saturated rings. The third-order valence-corrected chi connectivity index (χ3v) is 3.67. The number of halogens is 2. The number of benzene rings is 1. The van der Waals surface area contributed by atoms with E-state index in [9.17, 15) is 8.78 Å². The molecule has 100 valence electrons. The topological polar surface area (TPSA) is 29.3 Å². The standard InChI is InChI=1S/C14H20F2N2/c1-10-3-2-6-18(9-10)14(8-17)12-7-11(15)4-5-13(12)16/h4-5,7,10,14H,2-3,6,8-9,17H2,1H3/t10-,14+/m0/s1. The molecule has 1 aromatic rings. The molecule has 0 unspecified atom stereocenters. The van der Waals surface area contributed by atoms with Crippen LogP contribution >= 0.6 is 0 Å². The minimum Gasteiger partial charge on any atom is -0.329 e. The lowest BCUT2D eigenvalue weighted by molar-refractivity contribution is 0.130. The molecule has 1 aliphatic rings. The monoisotopic (exact) mass is 254 g/mol. The first kappa shape index (κ1) is 13.4. The SMILES string of the molecule is C[C@H]1CCCN([C@H](CN)c2cc(F)ccc2F)C1. The van der Waals surface area contributed by atoms with Crippen molar-refractivity contribution in [2.45, 2.75) is 25.8 Å². The smallest absolute Gasteiger partial charge is 0.128 e. The van der Waals surface area contributed by atoms with Crippen LogP contribution in [0.5, 0.6) is 0 Å². The van der Waals surface area contributed by atoms with E-state index in [1.54, 1.807) is 0 Å². The van der Waals surface area contributed by atoms with E-state index in [1.807, 2.05) is 0 Å². The van der Waals surface area contributed by atoms with Gasteiger partial charge in [-0.25, -0.2) is 8.78 Å². The Morgan fingerprint density at radius 1 is 1.44 bits per heavy atom. The lowest BCUT2D eigenvalue weighted by Gasteiger charge is -2.37. The van der Waals surface area contributed by atoms with E-state index in [4.69, 9.17) is 5.73 Å². The summed E-state index contributed by atoms with van der Waals surface area (Å²) in [5.41, 5.74) is 6.15. The van der Waals surface area contributed by atoms with Crippen LogP contribution in [0.2, 0.25) is 0 Å². The molecule has 0 bridgehead atoms. The number of rotatable bonds is 3. The van der Waals surface area contributed by atoms with Crippen LogP contribution in [0, 0.1) is 17.6 Å². The van der Waals surface area contributed by atoms with Crippen LogP contribution in [0.3, 0.4) is 0 Å². The van der Waals surface area contributed by atoms with Crippen molar-refractivity contribution >= 4 is 0 Å². The number of piperidine rings is 1. The normalized spacial score (nSPS) is 23.0. The van der Waals surface area contributed by atoms with Crippen LogP contribution in [-0.2, 0) is 0 Å². The summed E-state index contributed by atoms with van der Waals surface area (Å²) < 4.78 is 27.1. The number of hydrogen-bond acceptors (Lipinski definition) is 2. The second-order valence-electron chi connectivity index (χ2n) is 5.16. The zero-order valence-corrected chi connectivity index (χ0v) is 10.7. The molecule has 1 aliphatic heterocycles. The highest BCUT2D eigenvalue weighted by Gasteiger charge is 2.26. The zero-order chi connectivity index (χ0) is 13.1. The first-order chi connectivity index (χ1) is 8.61. The maximum atomic E-state index is 13.8. The quantitative estimate of drug-likeness (QED) is 0.898. The van der Waals surface area contributed by atoms with Crippen LogP contribution in [0.15, 0.2) is 18.2 Å². The van der Waals surface area contributed by atoms with Gasteiger partial charge in [0.25, 0.3) is 0 Å². The molecular weight excluding hydrogens is 234 g/mol. The lowest BCUT2D eigenvalue weighted by atomic mass is 9.96. The first-order valence-electron chi connectivity index (χ1n) is 6.51. The van der Waals surface area contributed by atoms with Gasteiger partial charge in [-0.3, -0.25) is 4.90 Å². The number of likely N-dealkylation sites (tertiary alicyclic amines) is 1. The Kier molecular flexibility index (Phi) is 4.30. The van der Waals surface area contributed by atoms with Crippen molar-refractivity contribution in [3.63, 3.8) is 0 Å². The Balaban J connectivity index is 2.24. The largest absolute Gasteiger partial charge is 0.329 e. The molecule has 1 saturated heterocycles. The van der Waals surface area contributed by atoms with Crippen molar-refractivity contribution in [2.75, 3.05) is 19.6 Å². The van der Waals surface area contributed by atoms with Crippen LogP contribution in [-0.4, -0.2) is 24.5 Å². The van der Waals surface area contributed by atoms with Gasteiger partial charge in [-0.15, -0.1) is 0 Å². The molecule has 0 aromatic heterocycles. The fourth-order valence-corrected chi connectivity index (χ4v) is 2.75. The van der Waals surface area contributed by atoms with Gasteiger partial charge in [0.2, 0.25) is 0 Å². The molecule has 2 N–H and O–H groups in total. The van der Waals surface area contributed by atoms with Gasteiger partial charge >= 0.3 is 0 Å². The van der Waals surface area contributed by atoms with E-state index in [0.29, 0.717) is 18.0 Å². The van der Waals surface area contributed by atoms with E-state index in [0.717, 1.165) is 25.6 Å². The van der Waals surface area contributed by atoms with Crippen LogP contribution < -0.4 is 5.73 Å². The predicted octanol–water partition coefficient (Wildman–Crippen LogP) is 2.70. The van der Waals surface area contributed by atoms with Crippen molar-refractivity contribution in [1.82, 2.24) is 4.90 Å². The highest BCUT2D eigenvalue weighted by Crippen LogP contribution is 2.28. The third-order valence-electron chi connectivity index (χ3n) is 3.67. The minimum absolute atomic E-state index is 0.219. The molecule has 0 radical (unpaired) electrons. The van der Waals surface area contributed by atoms with Crippen LogP contribution in [0.4, 0.5) is 8.78 Å². The lowest BCUT2D eigenvalue weighted by Crippen LogP contribution is -2.40. The Hall–Kier alpha value is -1.00. The highest BCUT2D eigenvalue weighted by atomic mass is 19.1. The van der Waals surface area contributed by atoms with Crippen molar-refractivity contribution in [1.29, 1.82) is 0 Å². The molecule has 1 aromatic carbocycles. The average molecular weight is 254 g/mol. The Morgan fingerprint density at radius 3 is 2.89 bits per heavy atom. The van der Waals surface area contributed by atoms with Crippen LogP contribution in [0.1, 0.15) is 31.4 Å². The van der Waals surface area contributed by atoms with Crippen molar-refractivity contribution in [3.05, 3.63) is 35.4 Å². The van der Waals surface area contributed by atoms with Crippen molar-refractivity contribution in [3.8, 4) is 0 Å². The van der Waals surface area contributed by atoms with E-state index >= 15 is 0 Å². The van der Waals surface area contributed by atoms with E-state index in [2.05, 4.69) is 11.8 Å². The highest BCUT2D eigenvalue weighted by molar-refractivity contribution is 5.23. The number of hydrogen-bond donors (Lipinski definition) is 1. The average Bonchev–Trinajstić information content (AvgIpc) is 2.35. The summed E-state index contributed by atoms with van der Waals surface area (Å²) in [4.78, 5) is 2.17. The van der Waals surface area contributed by atoms with Gasteiger partial charge in [0.05, 0.1) is 6.04 Å². The molecule has 2 nitrogen and oxygen atoms in total. The van der Waals surface area contributed by atoms with Gasteiger partial charge in [-0.1, -0.05) is 6.92 Å². The van der Waals surface area contributed by atoms with E-state index < -0.39 is 5.82 Å². The summed E-state index contributed by atoms with van der Waals surface area (Å²) >= 11 is 0. The van der Waals surface area contributed by atoms with Crippen LogP contribution in [0.25, 0.3) is 0 Å². The summed E-state index contributed by atoms with van der Waals surface area (Å²) in [6, 6.07) is 3.38. The zero-order valence-electron chi connectivity index (χ0n) is 10.7. The second kappa shape index (κ2) is 5.76. The molecule has 0 saturated carbocycles. The fraction of sp³-hybridized carbons (Fsp3) is 0.571. The number of nitrogens with zero attached hydrogens (tertiary/aromatic N) is 1. The van der Waals surface area contributed by atoms with Gasteiger partial charge in [-0.2, -0.15) is 0 Å². The molecule has 1 heterocycles. The van der Waals surface area contributed by atoms with Gasteiger partial charge in [0.1, 0.15) is 11.6 Å². The summed E-state index contributed by atoms with van der Waals surface area (Å²) in [7, 11) is 0. The summed E-state index contributed by atoms with van der Waals surface area (Å²) in [6.45, 7) is 4.30. The summed E-state index contributed by atoms with van der Waals surface area (Å²) in [6.07, 6.45) is 2.29. The van der Waals surface area contributed by atoms with Gasteiger partial charge in [0, 0.05) is 18.7 Å². The molecule has 0 amide bonds. The summed E-state index contributed by atoms with van der Waals surface area (Å²) in [5, 5.41) is 0. The Morgan fingerprint density at radius 2 is 2.22 bits per heavy atom. The third kappa shape index (κ3) is 2.87. The van der Waals surface area contributed by atoms with E-state index in [-0.39, 0.29) is 11.9 Å². The molecule has 0 spiro atoms. The van der Waals surface area contributed by atoms with Gasteiger partial charge in [0.15, 0.2) is 0 Å². The minimum atomic E-state index is -0.407. The number of nitrogens with two attached hydrogens (primary N) is 1. The molecule has 18 heavy (non-hydrogen) atoms. The first-order valence-corrected chi connectivity index (χ1v) is 6.51. The second-order valence-corrected chi connectivity index (χ2v) is 5.16. The molecule has 0 aliphatic carbocycles. The summed E-state index contributed by atoms with van der Waals surface area (Å²) in [5.74, 6) is -0.190. The Labute approximate surface area is 107 Å². The van der Waals surface area contributed by atoms with Gasteiger partial charge in [-0.05, 0) is 43.5 Å². The molecular formula is C14H20F2N2. The maximum absolute atomic E-state index is 13.8. The van der Waals surface area contributed by atoms with Gasteiger partial charge < -0.3 is 5.73 Å². The van der Waals surface area contributed by atoms with Crippen molar-refractivity contribution in [2.24, 2.45) is 11.7 Å². The molecule has 4 heteroatoms. The predicted molar refractivity (Wildman–Crippen MR) is 68.1 cm³/mol. The van der Waals surface area contributed by atoms with E-state index in [1.165, 1.54) is 18.6 Å².